The fourth-order valence-electron chi connectivity index (χ4n) is 9.95. The second-order valence-corrected chi connectivity index (χ2v) is 20.3. The zero-order valence-electron chi connectivity index (χ0n) is 40.4. The number of unbranched alkanes of at least 4 members (excludes halogenated alkanes) is 2. The van der Waals surface area contributed by atoms with Gasteiger partial charge in [0, 0.05) is 77.2 Å². The molecular formula is C53H65ClN8O5S. The minimum atomic E-state index is -0.520. The summed E-state index contributed by atoms with van der Waals surface area (Å²) in [6.07, 6.45) is 5.41. The Balaban J connectivity index is 0.867. The summed E-state index contributed by atoms with van der Waals surface area (Å²) in [5.41, 5.74) is 8.44. The van der Waals surface area contributed by atoms with Crippen LogP contribution in [0.25, 0.3) is 16.1 Å². The molecule has 3 N–H and O–H groups in total. The molecule has 3 amide bonds. The molecule has 0 radical (unpaired) electrons. The van der Waals surface area contributed by atoms with Gasteiger partial charge < -0.3 is 30.3 Å². The van der Waals surface area contributed by atoms with Crippen LogP contribution >= 0.6 is 22.9 Å². The van der Waals surface area contributed by atoms with Crippen molar-refractivity contribution in [2.24, 2.45) is 16.8 Å². The van der Waals surface area contributed by atoms with Crippen LogP contribution in [-0.4, -0.2) is 89.7 Å². The molecule has 3 aliphatic rings. The summed E-state index contributed by atoms with van der Waals surface area (Å²) in [6, 6.07) is 19.8. The number of aryl methyl sites for hydroxylation is 2. The Morgan fingerprint density at radius 1 is 0.926 bits per heavy atom. The number of benzene rings is 3. The van der Waals surface area contributed by atoms with E-state index in [-0.39, 0.29) is 42.0 Å². The summed E-state index contributed by atoms with van der Waals surface area (Å²) in [5.74, 6) is 1.82. The number of carbonyl (C=O) groups is 3. The van der Waals surface area contributed by atoms with Crippen LogP contribution in [0.1, 0.15) is 121 Å². The average Bonchev–Trinajstić information content (AvgIpc) is 3.81. The van der Waals surface area contributed by atoms with E-state index in [1.165, 1.54) is 4.88 Å². The maximum absolute atomic E-state index is 14.0. The predicted octanol–water partition coefficient (Wildman–Crippen LogP) is 9.43. The Morgan fingerprint density at radius 3 is 2.38 bits per heavy atom. The van der Waals surface area contributed by atoms with E-state index in [0.29, 0.717) is 42.1 Å². The summed E-state index contributed by atoms with van der Waals surface area (Å²) < 4.78 is 13.9. The number of thiophene rings is 1. The van der Waals surface area contributed by atoms with Gasteiger partial charge in [0.1, 0.15) is 22.6 Å². The third-order valence-corrected chi connectivity index (χ3v) is 15.3. The number of ether oxygens (including phenoxy) is 2. The van der Waals surface area contributed by atoms with Gasteiger partial charge in [-0.3, -0.25) is 23.9 Å². The van der Waals surface area contributed by atoms with Crippen molar-refractivity contribution in [3.05, 3.63) is 110 Å². The number of nitrogens with zero attached hydrogens (tertiary/aromatic N) is 5. The number of carbonyl (C=O) groups excluding carboxylic acids is 3. The monoisotopic (exact) mass is 960 g/mol. The highest BCUT2D eigenvalue weighted by atomic mass is 35.5. The lowest BCUT2D eigenvalue weighted by Crippen LogP contribution is -2.50. The van der Waals surface area contributed by atoms with E-state index in [2.05, 4.69) is 69.4 Å². The number of halogens is 1. The Bertz CT molecular complexity index is 2640. The minimum absolute atomic E-state index is 0.00133. The van der Waals surface area contributed by atoms with Gasteiger partial charge in [-0.25, -0.2) is 0 Å². The van der Waals surface area contributed by atoms with Crippen molar-refractivity contribution in [2.75, 3.05) is 44.4 Å². The van der Waals surface area contributed by atoms with E-state index in [1.807, 2.05) is 75.4 Å². The number of hydrogen-bond donors (Lipinski definition) is 3. The van der Waals surface area contributed by atoms with Crippen LogP contribution in [0.15, 0.2) is 65.7 Å². The van der Waals surface area contributed by atoms with Crippen molar-refractivity contribution in [2.45, 2.75) is 112 Å². The molecule has 3 aliphatic heterocycles. The van der Waals surface area contributed by atoms with Gasteiger partial charge in [0.05, 0.1) is 24.7 Å². The number of nitrogens with one attached hydrogen (secondary N) is 3. The molecule has 0 bridgehead atoms. The van der Waals surface area contributed by atoms with E-state index in [0.717, 1.165) is 120 Å². The first kappa shape index (κ1) is 48.9. The quantitative estimate of drug-likeness (QED) is 0.0780. The van der Waals surface area contributed by atoms with E-state index in [9.17, 15) is 14.4 Å². The van der Waals surface area contributed by atoms with Crippen molar-refractivity contribution in [3.8, 4) is 21.9 Å². The molecule has 13 nitrogen and oxygen atoms in total. The molecule has 2 saturated heterocycles. The molecule has 0 spiro atoms. The molecule has 3 aromatic carbocycles. The van der Waals surface area contributed by atoms with E-state index < -0.39 is 6.04 Å². The molecule has 0 saturated carbocycles. The molecular weight excluding hydrogens is 896 g/mol. The van der Waals surface area contributed by atoms with Gasteiger partial charge in [-0.05, 0) is 145 Å². The zero-order chi connectivity index (χ0) is 48.1. The molecule has 68 heavy (non-hydrogen) atoms. The Labute approximate surface area is 409 Å². The smallest absolute Gasteiger partial charge is 0.251 e. The first-order valence-electron chi connectivity index (χ1n) is 24.2. The molecule has 15 heteroatoms. The molecule has 5 aromatic rings. The number of aliphatic imine (C=N–C) groups is 1. The second-order valence-electron chi connectivity index (χ2n) is 18.6. The van der Waals surface area contributed by atoms with Crippen LogP contribution in [0.3, 0.4) is 0 Å². The number of aromatic nitrogens is 3. The second kappa shape index (κ2) is 21.8. The van der Waals surface area contributed by atoms with Crippen molar-refractivity contribution in [1.29, 1.82) is 0 Å². The van der Waals surface area contributed by atoms with Gasteiger partial charge in [0.15, 0.2) is 5.82 Å². The van der Waals surface area contributed by atoms with Crippen LogP contribution in [0.5, 0.6) is 5.75 Å². The number of piperidine rings is 1. The van der Waals surface area contributed by atoms with Crippen molar-refractivity contribution < 1.29 is 23.9 Å². The summed E-state index contributed by atoms with van der Waals surface area (Å²) in [6.45, 7) is 18.1. The number of rotatable bonds is 17. The highest BCUT2D eigenvalue weighted by Crippen LogP contribution is 2.40. The van der Waals surface area contributed by atoms with E-state index >= 15 is 0 Å². The number of hydrogen-bond acceptors (Lipinski definition) is 10. The summed E-state index contributed by atoms with van der Waals surface area (Å²) in [5, 5.41) is 19.9. The minimum Gasteiger partial charge on any atom is -0.494 e. The number of amides is 3. The fraction of sp³-hybridized carbons (Fsp3) is 0.472. The molecule has 0 aliphatic carbocycles. The van der Waals surface area contributed by atoms with Crippen LogP contribution in [0, 0.1) is 39.5 Å². The van der Waals surface area contributed by atoms with Gasteiger partial charge in [-0.15, -0.1) is 21.5 Å². The number of anilines is 1. The molecule has 2 aromatic heterocycles. The maximum Gasteiger partial charge on any atom is 0.251 e. The average molecular weight is 962 g/mol. The van der Waals surface area contributed by atoms with Crippen molar-refractivity contribution >= 4 is 52.1 Å². The Kier molecular flexibility index (Phi) is 15.7. The van der Waals surface area contributed by atoms with Gasteiger partial charge in [-0.1, -0.05) is 42.8 Å². The molecule has 4 atom stereocenters. The van der Waals surface area contributed by atoms with Crippen LogP contribution in [0.4, 0.5) is 5.69 Å². The fourth-order valence-corrected chi connectivity index (χ4v) is 11.3. The van der Waals surface area contributed by atoms with E-state index in [1.54, 1.807) is 11.3 Å². The normalized spacial score (nSPS) is 19.3. The number of fused-ring (bicyclic) bond motifs is 3. The van der Waals surface area contributed by atoms with E-state index in [4.69, 9.17) is 26.1 Å². The molecule has 3 unspecified atom stereocenters. The Hall–Kier alpha value is -5.57. The lowest BCUT2D eigenvalue weighted by atomic mass is 9.84. The van der Waals surface area contributed by atoms with Crippen LogP contribution in [0.2, 0.25) is 5.02 Å². The SMILES string of the molecule is CCN(c1cc(-c2ccc(OCCCCCNC(=O)C[C@@H]3N=C(c4ccc(Cl)cc4)c4c(sc(C)c4C)-n4c(C)nnc43)cc2)cc(C(=O)NCC2C(=O)NC(C)CC2C)c1C)C1CCOCC1. The maximum atomic E-state index is 14.0. The third-order valence-electron chi connectivity index (χ3n) is 13.9. The highest BCUT2D eigenvalue weighted by Gasteiger charge is 2.34. The van der Waals surface area contributed by atoms with Gasteiger partial charge in [-0.2, -0.15) is 0 Å². The van der Waals surface area contributed by atoms with Crippen molar-refractivity contribution in [3.63, 3.8) is 0 Å². The largest absolute Gasteiger partial charge is 0.494 e. The molecule has 2 fully saturated rings. The third kappa shape index (κ3) is 10.8. The van der Waals surface area contributed by atoms with Gasteiger partial charge in [0.25, 0.3) is 5.91 Å². The lowest BCUT2D eigenvalue weighted by Gasteiger charge is -2.37. The molecule has 5 heterocycles. The summed E-state index contributed by atoms with van der Waals surface area (Å²) in [7, 11) is 0. The van der Waals surface area contributed by atoms with Gasteiger partial charge in [0.2, 0.25) is 11.8 Å². The van der Waals surface area contributed by atoms with Crippen molar-refractivity contribution in [1.82, 2.24) is 30.7 Å². The summed E-state index contributed by atoms with van der Waals surface area (Å²) >= 11 is 7.96. The highest BCUT2D eigenvalue weighted by molar-refractivity contribution is 7.15. The van der Waals surface area contributed by atoms with Crippen LogP contribution < -0.4 is 25.6 Å². The first-order valence-corrected chi connectivity index (χ1v) is 25.4. The lowest BCUT2D eigenvalue weighted by molar-refractivity contribution is -0.129. The topological polar surface area (TPSA) is 152 Å². The van der Waals surface area contributed by atoms with Gasteiger partial charge >= 0.3 is 0 Å². The molecule has 8 rings (SSSR count). The first-order chi connectivity index (χ1) is 32.8. The summed E-state index contributed by atoms with van der Waals surface area (Å²) in [4.78, 5) is 49.2. The zero-order valence-corrected chi connectivity index (χ0v) is 42.0. The standard InChI is InChI=1S/C53H65ClN8O5S/c1-8-61(41-20-24-66-25-21-41)46-28-39(27-43(34(46)5)51(64)56-30-44-31(2)26-32(3)57-52(44)65)37-14-18-42(19-15-37)67-23-11-9-10-22-55-47(63)29-45-50-60-59-36(7)62(50)53-48(33(4)35(6)68-53)49(58-45)38-12-16-40(54)17-13-38/h12-19,27-28,31-32,41,44-45H,8-11,20-26,29-30H2,1-7H3,(H,55,63)(H,56,64)(H,57,65)/t31?,32?,44?,45-/m0/s1. The molecule has 360 valence electrons. The predicted molar refractivity (Wildman–Crippen MR) is 271 cm³/mol. The Morgan fingerprint density at radius 2 is 1.66 bits per heavy atom. The van der Waals surface area contributed by atoms with Crippen LogP contribution in [-0.2, 0) is 14.3 Å².